The maximum atomic E-state index is 12.8. The molecule has 0 bridgehead atoms. The van der Waals surface area contributed by atoms with Crippen molar-refractivity contribution < 1.29 is 12.9 Å². The number of nitrogens with zero attached hydrogens (tertiary/aromatic N) is 4. The van der Waals surface area contributed by atoms with Gasteiger partial charge in [0.25, 0.3) is 0 Å². The summed E-state index contributed by atoms with van der Waals surface area (Å²) in [7, 11) is -3.52. The summed E-state index contributed by atoms with van der Waals surface area (Å²) >= 11 is 0. The van der Waals surface area contributed by atoms with Crippen LogP contribution in [0.2, 0.25) is 0 Å². The molecule has 0 amide bonds. The zero-order valence-electron chi connectivity index (χ0n) is 16.0. The Morgan fingerprint density at radius 2 is 1.68 bits per heavy atom. The van der Waals surface area contributed by atoms with Crippen LogP contribution in [-0.4, -0.2) is 40.9 Å². The van der Waals surface area contributed by atoms with E-state index in [2.05, 4.69) is 35.9 Å². The molecular formula is C20H22N4O3S. The predicted molar refractivity (Wildman–Crippen MR) is 104 cm³/mol. The van der Waals surface area contributed by atoms with E-state index in [9.17, 15) is 8.42 Å². The SMILES string of the molecule is CC(C)(C)c1ccc(S(=O)(=O)N2CC(c3nc(-c4ccncc4)no3)C2)cc1. The molecule has 4 rings (SSSR count). The fourth-order valence-electron chi connectivity index (χ4n) is 3.09. The highest BCUT2D eigenvalue weighted by atomic mass is 32.2. The van der Waals surface area contributed by atoms with Crippen LogP contribution in [0.3, 0.4) is 0 Å². The van der Waals surface area contributed by atoms with E-state index < -0.39 is 10.0 Å². The van der Waals surface area contributed by atoms with Crippen molar-refractivity contribution in [1.29, 1.82) is 0 Å². The van der Waals surface area contributed by atoms with Crippen molar-refractivity contribution in [3.8, 4) is 11.4 Å². The topological polar surface area (TPSA) is 89.2 Å². The summed E-state index contributed by atoms with van der Waals surface area (Å²) in [5.74, 6) is 0.851. The van der Waals surface area contributed by atoms with Crippen molar-refractivity contribution in [2.45, 2.75) is 37.0 Å². The molecule has 146 valence electrons. The molecule has 0 aliphatic carbocycles. The lowest BCUT2D eigenvalue weighted by atomic mass is 9.87. The zero-order chi connectivity index (χ0) is 19.9. The predicted octanol–water partition coefficient (Wildman–Crippen LogP) is 3.22. The van der Waals surface area contributed by atoms with Crippen LogP contribution in [0.15, 0.2) is 58.2 Å². The molecule has 0 unspecified atom stereocenters. The quantitative estimate of drug-likeness (QED) is 0.670. The first-order valence-electron chi connectivity index (χ1n) is 9.10. The first-order chi connectivity index (χ1) is 13.2. The third-order valence-electron chi connectivity index (χ3n) is 4.94. The van der Waals surface area contributed by atoms with Gasteiger partial charge in [0.1, 0.15) is 0 Å². The van der Waals surface area contributed by atoms with Crippen molar-refractivity contribution in [3.63, 3.8) is 0 Å². The normalized spacial score (nSPS) is 16.1. The number of pyridine rings is 1. The van der Waals surface area contributed by atoms with E-state index in [0.29, 0.717) is 29.7 Å². The Morgan fingerprint density at radius 1 is 1.04 bits per heavy atom. The Morgan fingerprint density at radius 3 is 2.29 bits per heavy atom. The Hall–Kier alpha value is -2.58. The van der Waals surface area contributed by atoms with Gasteiger partial charge in [-0.05, 0) is 35.2 Å². The van der Waals surface area contributed by atoms with E-state index in [1.165, 1.54) is 4.31 Å². The Kier molecular flexibility index (Phi) is 4.55. The number of aromatic nitrogens is 3. The zero-order valence-corrected chi connectivity index (χ0v) is 16.8. The van der Waals surface area contributed by atoms with Crippen LogP contribution in [0.4, 0.5) is 0 Å². The van der Waals surface area contributed by atoms with Crippen LogP contribution < -0.4 is 0 Å². The molecular weight excluding hydrogens is 376 g/mol. The van der Waals surface area contributed by atoms with Gasteiger partial charge in [-0.1, -0.05) is 38.1 Å². The Balaban J connectivity index is 1.45. The van der Waals surface area contributed by atoms with Crippen molar-refractivity contribution >= 4 is 10.0 Å². The van der Waals surface area contributed by atoms with Gasteiger partial charge in [-0.15, -0.1) is 0 Å². The van der Waals surface area contributed by atoms with E-state index in [1.54, 1.807) is 36.7 Å². The maximum absolute atomic E-state index is 12.8. The average molecular weight is 398 g/mol. The Bertz CT molecular complexity index is 1060. The molecule has 2 aromatic heterocycles. The van der Waals surface area contributed by atoms with Gasteiger partial charge in [0.15, 0.2) is 0 Å². The standard InChI is InChI=1S/C20H22N4O3S/c1-20(2,3)16-4-6-17(7-5-16)28(25,26)24-12-15(13-24)19-22-18(23-27-19)14-8-10-21-11-9-14/h4-11,15H,12-13H2,1-3H3. The fraction of sp³-hybridized carbons (Fsp3) is 0.350. The molecule has 1 saturated heterocycles. The fourth-order valence-corrected chi connectivity index (χ4v) is 4.62. The Labute approximate surface area is 164 Å². The summed E-state index contributed by atoms with van der Waals surface area (Å²) in [4.78, 5) is 8.68. The number of rotatable bonds is 4. The van der Waals surface area contributed by atoms with E-state index in [1.807, 2.05) is 12.1 Å². The minimum Gasteiger partial charge on any atom is -0.339 e. The van der Waals surface area contributed by atoms with Crippen molar-refractivity contribution in [1.82, 2.24) is 19.4 Å². The second-order valence-electron chi connectivity index (χ2n) is 7.99. The van der Waals surface area contributed by atoms with Crippen LogP contribution in [0.25, 0.3) is 11.4 Å². The molecule has 3 heterocycles. The third-order valence-corrected chi connectivity index (χ3v) is 6.78. The smallest absolute Gasteiger partial charge is 0.243 e. The van der Waals surface area contributed by atoms with E-state index >= 15 is 0 Å². The van der Waals surface area contributed by atoms with Crippen molar-refractivity contribution in [2.75, 3.05) is 13.1 Å². The highest BCUT2D eigenvalue weighted by molar-refractivity contribution is 7.89. The van der Waals surface area contributed by atoms with Gasteiger partial charge in [0.05, 0.1) is 10.8 Å². The van der Waals surface area contributed by atoms with Crippen LogP contribution >= 0.6 is 0 Å². The molecule has 1 aliphatic rings. The lowest BCUT2D eigenvalue weighted by molar-refractivity contribution is 0.217. The molecule has 28 heavy (non-hydrogen) atoms. The van der Waals surface area contributed by atoms with Crippen molar-refractivity contribution in [3.05, 3.63) is 60.2 Å². The summed E-state index contributed by atoms with van der Waals surface area (Å²) in [5.41, 5.74) is 1.89. The number of benzene rings is 1. The summed E-state index contributed by atoms with van der Waals surface area (Å²) in [6, 6.07) is 10.7. The third kappa shape index (κ3) is 3.45. The molecule has 7 nitrogen and oxygen atoms in total. The molecule has 1 fully saturated rings. The molecule has 1 aliphatic heterocycles. The largest absolute Gasteiger partial charge is 0.339 e. The van der Waals surface area contributed by atoms with Crippen LogP contribution in [0.1, 0.15) is 38.1 Å². The van der Waals surface area contributed by atoms with E-state index in [0.717, 1.165) is 11.1 Å². The highest BCUT2D eigenvalue weighted by Crippen LogP contribution is 2.33. The lowest BCUT2D eigenvalue weighted by Gasteiger charge is -2.35. The minimum absolute atomic E-state index is 0.0192. The summed E-state index contributed by atoms with van der Waals surface area (Å²) < 4.78 is 32.4. The van der Waals surface area contributed by atoms with Crippen LogP contribution in [0, 0.1) is 0 Å². The molecule has 0 N–H and O–H groups in total. The number of hydrogen-bond acceptors (Lipinski definition) is 6. The molecule has 0 saturated carbocycles. The first kappa shape index (κ1) is 18.8. The summed E-state index contributed by atoms with van der Waals surface area (Å²) in [5, 5.41) is 3.99. The molecule has 0 radical (unpaired) electrons. The lowest BCUT2D eigenvalue weighted by Crippen LogP contribution is -2.48. The summed E-state index contributed by atoms with van der Waals surface area (Å²) in [6.45, 7) is 6.96. The van der Waals surface area contributed by atoms with Crippen LogP contribution in [0.5, 0.6) is 0 Å². The molecule has 3 aromatic rings. The van der Waals surface area contributed by atoms with E-state index in [4.69, 9.17) is 4.52 Å². The maximum Gasteiger partial charge on any atom is 0.243 e. The first-order valence-corrected chi connectivity index (χ1v) is 10.5. The van der Waals surface area contributed by atoms with Gasteiger partial charge in [-0.3, -0.25) is 4.98 Å². The van der Waals surface area contributed by atoms with Crippen LogP contribution in [-0.2, 0) is 15.4 Å². The van der Waals surface area contributed by atoms with Gasteiger partial charge >= 0.3 is 0 Å². The van der Waals surface area contributed by atoms with Gasteiger partial charge in [-0.25, -0.2) is 8.42 Å². The van der Waals surface area contributed by atoms with Crippen molar-refractivity contribution in [2.24, 2.45) is 0 Å². The van der Waals surface area contributed by atoms with Gasteiger partial charge < -0.3 is 4.52 Å². The van der Waals surface area contributed by atoms with E-state index in [-0.39, 0.29) is 11.3 Å². The molecule has 0 spiro atoms. The van der Waals surface area contributed by atoms with Gasteiger partial charge in [-0.2, -0.15) is 9.29 Å². The molecule has 0 atom stereocenters. The average Bonchev–Trinajstić information content (AvgIpc) is 3.10. The number of hydrogen-bond donors (Lipinski definition) is 0. The van der Waals surface area contributed by atoms with Gasteiger partial charge in [0.2, 0.25) is 21.7 Å². The monoisotopic (exact) mass is 398 g/mol. The summed E-state index contributed by atoms with van der Waals surface area (Å²) in [6.07, 6.45) is 3.32. The number of sulfonamides is 1. The molecule has 1 aromatic carbocycles. The second kappa shape index (κ2) is 6.79. The minimum atomic E-state index is -3.52. The second-order valence-corrected chi connectivity index (χ2v) is 9.92. The molecule has 8 heteroatoms. The highest BCUT2D eigenvalue weighted by Gasteiger charge is 2.40. The van der Waals surface area contributed by atoms with Gasteiger partial charge in [0, 0.05) is 31.0 Å².